The summed E-state index contributed by atoms with van der Waals surface area (Å²) in [5.41, 5.74) is -0.463. The fourth-order valence-electron chi connectivity index (χ4n) is 4.97. The number of nitrogens with one attached hydrogen (secondary N) is 1. The van der Waals surface area contributed by atoms with Gasteiger partial charge in [-0.3, -0.25) is 4.79 Å². The Hall–Kier alpha value is -2.25. The van der Waals surface area contributed by atoms with Crippen molar-refractivity contribution >= 4 is 12.0 Å². The van der Waals surface area contributed by atoms with Crippen molar-refractivity contribution in [3.8, 4) is 0 Å². The molecule has 32 heavy (non-hydrogen) atoms. The predicted octanol–water partition coefficient (Wildman–Crippen LogP) is 5.45. The molecule has 1 saturated carbocycles. The van der Waals surface area contributed by atoms with Crippen LogP contribution in [-0.4, -0.2) is 35.1 Å². The lowest BCUT2D eigenvalue weighted by Gasteiger charge is -2.37. The van der Waals surface area contributed by atoms with Gasteiger partial charge in [0, 0.05) is 19.1 Å². The van der Waals surface area contributed by atoms with Gasteiger partial charge >= 0.3 is 12.3 Å². The second-order valence-corrected chi connectivity index (χ2v) is 10.1. The number of nitrogens with zero attached hydrogens (tertiary/aromatic N) is 1. The normalized spacial score (nSPS) is 23.6. The van der Waals surface area contributed by atoms with Crippen molar-refractivity contribution in [2.75, 3.05) is 6.54 Å². The number of amides is 2. The first kappa shape index (κ1) is 24.4. The molecule has 178 valence electrons. The van der Waals surface area contributed by atoms with Gasteiger partial charge in [0.25, 0.3) is 0 Å². The highest BCUT2D eigenvalue weighted by Crippen LogP contribution is 2.44. The van der Waals surface area contributed by atoms with E-state index in [2.05, 4.69) is 5.32 Å². The van der Waals surface area contributed by atoms with Crippen molar-refractivity contribution in [2.45, 2.75) is 90.6 Å². The SMILES string of the molecule is CCC[C@]1(C(=O)N2CCc3ccc(C(F)(F)F)cc3C2)CC[C@@H](NC(=O)OC(C)(C)C)C1. The summed E-state index contributed by atoms with van der Waals surface area (Å²) in [4.78, 5) is 27.5. The van der Waals surface area contributed by atoms with Gasteiger partial charge in [0.15, 0.2) is 0 Å². The molecular weight excluding hydrogens is 421 g/mol. The zero-order chi connectivity index (χ0) is 23.7. The van der Waals surface area contributed by atoms with Crippen molar-refractivity contribution in [1.82, 2.24) is 10.2 Å². The van der Waals surface area contributed by atoms with E-state index in [9.17, 15) is 22.8 Å². The molecule has 0 radical (unpaired) electrons. The number of rotatable bonds is 4. The molecule has 5 nitrogen and oxygen atoms in total. The van der Waals surface area contributed by atoms with Crippen LogP contribution < -0.4 is 5.32 Å². The van der Waals surface area contributed by atoms with E-state index in [4.69, 9.17) is 4.74 Å². The first-order chi connectivity index (χ1) is 14.8. The van der Waals surface area contributed by atoms with Gasteiger partial charge in [-0.15, -0.1) is 0 Å². The molecule has 0 aromatic heterocycles. The Morgan fingerprint density at radius 1 is 1.22 bits per heavy atom. The average molecular weight is 455 g/mol. The Morgan fingerprint density at radius 2 is 1.94 bits per heavy atom. The smallest absolute Gasteiger partial charge is 0.416 e. The molecule has 0 spiro atoms. The molecule has 1 aliphatic heterocycles. The highest BCUT2D eigenvalue weighted by atomic mass is 19.4. The summed E-state index contributed by atoms with van der Waals surface area (Å²) in [6, 6.07) is 3.65. The Morgan fingerprint density at radius 3 is 2.56 bits per heavy atom. The number of alkyl carbamates (subject to hydrolysis) is 1. The van der Waals surface area contributed by atoms with Crippen LogP contribution in [0.5, 0.6) is 0 Å². The molecule has 1 N–H and O–H groups in total. The van der Waals surface area contributed by atoms with Gasteiger partial charge in [-0.2, -0.15) is 13.2 Å². The lowest BCUT2D eigenvalue weighted by atomic mass is 9.79. The van der Waals surface area contributed by atoms with Crippen molar-refractivity contribution in [2.24, 2.45) is 5.41 Å². The van der Waals surface area contributed by atoms with E-state index < -0.39 is 28.8 Å². The summed E-state index contributed by atoms with van der Waals surface area (Å²) in [6.07, 6.45) is -1.02. The van der Waals surface area contributed by atoms with Gasteiger partial charge in [-0.05, 0) is 76.1 Å². The lowest BCUT2D eigenvalue weighted by Crippen LogP contribution is -2.46. The van der Waals surface area contributed by atoms with Crippen LogP contribution in [0.25, 0.3) is 0 Å². The van der Waals surface area contributed by atoms with E-state index in [0.29, 0.717) is 44.2 Å². The highest BCUT2D eigenvalue weighted by molar-refractivity contribution is 5.83. The fraction of sp³-hybridized carbons (Fsp3) is 0.667. The number of hydrogen-bond acceptors (Lipinski definition) is 3. The van der Waals surface area contributed by atoms with E-state index in [1.165, 1.54) is 12.1 Å². The second-order valence-electron chi connectivity index (χ2n) is 10.1. The Labute approximate surface area is 187 Å². The van der Waals surface area contributed by atoms with Crippen LogP contribution in [0.1, 0.15) is 76.5 Å². The number of alkyl halides is 3. The molecular formula is C24H33F3N2O3. The first-order valence-corrected chi connectivity index (χ1v) is 11.3. The minimum absolute atomic E-state index is 0.0177. The van der Waals surface area contributed by atoms with E-state index in [0.717, 1.165) is 18.1 Å². The Bertz CT molecular complexity index is 863. The summed E-state index contributed by atoms with van der Waals surface area (Å²) in [7, 11) is 0. The van der Waals surface area contributed by atoms with Gasteiger partial charge in [0.1, 0.15) is 5.60 Å². The summed E-state index contributed by atoms with van der Waals surface area (Å²) in [5, 5.41) is 2.89. The maximum absolute atomic E-state index is 13.6. The molecule has 1 heterocycles. The molecule has 1 aromatic carbocycles. The average Bonchev–Trinajstić information content (AvgIpc) is 3.08. The van der Waals surface area contributed by atoms with E-state index in [1.807, 2.05) is 6.92 Å². The maximum atomic E-state index is 13.6. The second kappa shape index (κ2) is 8.94. The van der Waals surface area contributed by atoms with Gasteiger partial charge < -0.3 is 15.0 Å². The number of ether oxygens (including phenoxy) is 1. The van der Waals surface area contributed by atoms with Crippen molar-refractivity contribution < 1.29 is 27.5 Å². The molecule has 8 heteroatoms. The summed E-state index contributed by atoms with van der Waals surface area (Å²) >= 11 is 0. The third kappa shape index (κ3) is 5.56. The Balaban J connectivity index is 1.73. The zero-order valence-corrected chi connectivity index (χ0v) is 19.3. The van der Waals surface area contributed by atoms with Crippen LogP contribution in [0.2, 0.25) is 0 Å². The Kier molecular flexibility index (Phi) is 6.82. The van der Waals surface area contributed by atoms with Gasteiger partial charge in [0.05, 0.1) is 11.0 Å². The quantitative estimate of drug-likeness (QED) is 0.658. The van der Waals surface area contributed by atoms with Crippen LogP contribution in [0, 0.1) is 5.41 Å². The van der Waals surface area contributed by atoms with Gasteiger partial charge in [-0.25, -0.2) is 4.79 Å². The lowest BCUT2D eigenvalue weighted by molar-refractivity contribution is -0.143. The monoisotopic (exact) mass is 454 g/mol. The third-order valence-electron chi connectivity index (χ3n) is 6.34. The minimum Gasteiger partial charge on any atom is -0.444 e. The van der Waals surface area contributed by atoms with Crippen molar-refractivity contribution in [3.63, 3.8) is 0 Å². The third-order valence-corrected chi connectivity index (χ3v) is 6.34. The van der Waals surface area contributed by atoms with Crippen molar-refractivity contribution in [3.05, 3.63) is 34.9 Å². The molecule has 2 amide bonds. The molecule has 0 unspecified atom stereocenters. The summed E-state index contributed by atoms with van der Waals surface area (Å²) in [5.74, 6) is -0.0177. The minimum atomic E-state index is -4.41. The predicted molar refractivity (Wildman–Crippen MR) is 115 cm³/mol. The number of carbonyl (C=O) groups excluding carboxylic acids is 2. The number of fused-ring (bicyclic) bond motifs is 1. The van der Waals surface area contributed by atoms with Gasteiger partial charge in [-0.1, -0.05) is 19.4 Å². The standard InChI is InChI=1S/C24H33F3N2O3/c1-5-10-23(11-8-19(14-23)28-21(31)32-22(2,3)4)20(30)29-12-9-16-6-7-18(24(25,26)27)13-17(16)15-29/h6-7,13,19H,5,8-12,14-15H2,1-4H3,(H,28,31)/t19-,23+/m1/s1. The molecule has 0 bridgehead atoms. The van der Waals surface area contributed by atoms with E-state index in [-0.39, 0.29) is 18.5 Å². The van der Waals surface area contributed by atoms with Crippen LogP contribution in [0.4, 0.5) is 18.0 Å². The summed E-state index contributed by atoms with van der Waals surface area (Å²) < 4.78 is 44.8. The van der Waals surface area contributed by atoms with Gasteiger partial charge in [0.2, 0.25) is 5.91 Å². The number of carbonyl (C=O) groups is 2. The van der Waals surface area contributed by atoms with E-state index in [1.54, 1.807) is 25.7 Å². The van der Waals surface area contributed by atoms with E-state index >= 15 is 0 Å². The summed E-state index contributed by atoms with van der Waals surface area (Å²) in [6.45, 7) is 8.09. The van der Waals surface area contributed by atoms with Crippen LogP contribution in [-0.2, 0) is 28.7 Å². The highest BCUT2D eigenvalue weighted by Gasteiger charge is 2.47. The number of benzene rings is 1. The largest absolute Gasteiger partial charge is 0.444 e. The molecule has 2 aliphatic rings. The fourth-order valence-corrected chi connectivity index (χ4v) is 4.97. The number of hydrogen-bond donors (Lipinski definition) is 1. The molecule has 1 aliphatic carbocycles. The van der Waals surface area contributed by atoms with Crippen molar-refractivity contribution in [1.29, 1.82) is 0 Å². The van der Waals surface area contributed by atoms with Crippen LogP contribution >= 0.6 is 0 Å². The maximum Gasteiger partial charge on any atom is 0.416 e. The number of halogens is 3. The first-order valence-electron chi connectivity index (χ1n) is 11.3. The molecule has 3 rings (SSSR count). The molecule has 1 fully saturated rings. The van der Waals surface area contributed by atoms with Crippen LogP contribution in [0.15, 0.2) is 18.2 Å². The molecule has 0 saturated heterocycles. The topological polar surface area (TPSA) is 58.6 Å². The zero-order valence-electron chi connectivity index (χ0n) is 19.3. The molecule has 2 atom stereocenters. The molecule has 1 aromatic rings. The van der Waals surface area contributed by atoms with Crippen LogP contribution in [0.3, 0.4) is 0 Å².